The van der Waals surface area contributed by atoms with Gasteiger partial charge in [0.1, 0.15) is 6.61 Å². The second kappa shape index (κ2) is 8.21. The van der Waals surface area contributed by atoms with Crippen molar-refractivity contribution in [3.63, 3.8) is 0 Å². The Morgan fingerprint density at radius 2 is 1.89 bits per heavy atom. The summed E-state index contributed by atoms with van der Waals surface area (Å²) in [5, 5.41) is 3.33. The molecule has 6 heteroatoms. The lowest BCUT2D eigenvalue weighted by molar-refractivity contribution is -0.140. The van der Waals surface area contributed by atoms with E-state index in [1.807, 2.05) is 31.2 Å². The molecule has 1 aromatic rings. The number of esters is 1. The molecule has 5 nitrogen and oxygen atoms in total. The van der Waals surface area contributed by atoms with Gasteiger partial charge in [0.2, 0.25) is 0 Å². The highest BCUT2D eigenvalue weighted by molar-refractivity contribution is 9.10. The van der Waals surface area contributed by atoms with Crippen LogP contribution in [0, 0.1) is 5.41 Å². The molecule has 1 atom stereocenters. The van der Waals surface area contributed by atoms with Gasteiger partial charge in [0.25, 0.3) is 0 Å². The number of Topliss-reactive ketones (excluding diaryl/α,β-unsaturated/α-hetero) is 1. The monoisotopic (exact) mass is 447 g/mol. The maximum Gasteiger partial charge on any atom is 0.336 e. The lowest BCUT2D eigenvalue weighted by Gasteiger charge is -2.39. The van der Waals surface area contributed by atoms with Gasteiger partial charge in [0.05, 0.1) is 12.2 Å². The average Bonchev–Trinajstić information content (AvgIpc) is 2.60. The van der Waals surface area contributed by atoms with Gasteiger partial charge in [-0.2, -0.15) is 0 Å². The fraction of sp³-hybridized carbons (Fsp3) is 0.455. The Hall–Kier alpha value is -1.92. The molecule has 0 radical (unpaired) electrons. The number of rotatable bonds is 5. The van der Waals surface area contributed by atoms with E-state index in [4.69, 9.17) is 9.47 Å². The van der Waals surface area contributed by atoms with E-state index in [1.165, 1.54) is 0 Å². The van der Waals surface area contributed by atoms with Crippen LogP contribution < -0.4 is 5.32 Å². The number of hydrogen-bond donors (Lipinski definition) is 1. The summed E-state index contributed by atoms with van der Waals surface area (Å²) in [7, 11) is 1.56. The number of carbonyl (C=O) groups excluding carboxylic acids is 2. The van der Waals surface area contributed by atoms with E-state index in [2.05, 4.69) is 35.1 Å². The summed E-state index contributed by atoms with van der Waals surface area (Å²) in [4.78, 5) is 26.1. The molecule has 1 heterocycles. The predicted molar refractivity (Wildman–Crippen MR) is 111 cm³/mol. The maximum absolute atomic E-state index is 13.1. The van der Waals surface area contributed by atoms with Gasteiger partial charge >= 0.3 is 5.97 Å². The predicted octanol–water partition coefficient (Wildman–Crippen LogP) is 4.24. The summed E-state index contributed by atoms with van der Waals surface area (Å²) in [6.07, 6.45) is 1.23. The van der Waals surface area contributed by atoms with Gasteiger partial charge in [0, 0.05) is 40.9 Å². The van der Waals surface area contributed by atoms with Gasteiger partial charge in [-0.05, 0) is 36.5 Å². The molecular formula is C22H26BrNO4. The van der Waals surface area contributed by atoms with Crippen LogP contribution in [0.2, 0.25) is 0 Å². The van der Waals surface area contributed by atoms with E-state index in [9.17, 15) is 9.59 Å². The Bertz CT molecular complexity index is 852. The second-order valence-corrected chi connectivity index (χ2v) is 9.03. The first-order chi connectivity index (χ1) is 13.2. The zero-order valence-corrected chi connectivity index (χ0v) is 18.3. The third-order valence-electron chi connectivity index (χ3n) is 5.18. The molecule has 1 aliphatic carbocycles. The highest BCUT2D eigenvalue weighted by Gasteiger charge is 2.43. The van der Waals surface area contributed by atoms with E-state index in [-0.39, 0.29) is 17.8 Å². The number of carbonyl (C=O) groups is 2. The van der Waals surface area contributed by atoms with Crippen LogP contribution in [0.25, 0.3) is 0 Å². The molecule has 0 spiro atoms. The van der Waals surface area contributed by atoms with Gasteiger partial charge in [-0.1, -0.05) is 41.9 Å². The second-order valence-electron chi connectivity index (χ2n) is 8.11. The first kappa shape index (κ1) is 20.8. The number of ether oxygens (including phenoxy) is 2. The lowest BCUT2D eigenvalue weighted by Crippen LogP contribution is -2.38. The van der Waals surface area contributed by atoms with Crippen molar-refractivity contribution in [1.29, 1.82) is 0 Å². The van der Waals surface area contributed by atoms with Crippen molar-refractivity contribution in [2.45, 2.75) is 39.5 Å². The third kappa shape index (κ3) is 4.23. The Morgan fingerprint density at radius 3 is 2.54 bits per heavy atom. The first-order valence-electron chi connectivity index (χ1n) is 9.39. The average molecular weight is 448 g/mol. The molecule has 0 aromatic heterocycles. The summed E-state index contributed by atoms with van der Waals surface area (Å²) in [6.45, 7) is 6.56. The third-order valence-corrected chi connectivity index (χ3v) is 5.71. The van der Waals surface area contributed by atoms with Gasteiger partial charge in [-0.3, -0.25) is 4.79 Å². The number of nitrogens with one attached hydrogen (secondary N) is 1. The maximum atomic E-state index is 13.1. The zero-order valence-electron chi connectivity index (χ0n) is 16.7. The van der Waals surface area contributed by atoms with Crippen molar-refractivity contribution in [3.8, 4) is 0 Å². The quantitative estimate of drug-likeness (QED) is 0.539. The minimum atomic E-state index is -0.428. The fourth-order valence-corrected chi connectivity index (χ4v) is 4.25. The van der Waals surface area contributed by atoms with Crippen LogP contribution in [0.1, 0.15) is 45.1 Å². The Morgan fingerprint density at radius 1 is 1.21 bits per heavy atom. The molecule has 0 saturated carbocycles. The minimum Gasteiger partial charge on any atom is -0.460 e. The van der Waals surface area contributed by atoms with Crippen LogP contribution in [0.5, 0.6) is 0 Å². The lowest BCUT2D eigenvalue weighted by atomic mass is 9.68. The number of dihydropyridines is 1. The molecule has 0 saturated heterocycles. The summed E-state index contributed by atoms with van der Waals surface area (Å²) in [5.74, 6) is -0.761. The number of methoxy groups -OCH3 is 1. The fourth-order valence-electron chi connectivity index (χ4n) is 3.99. The highest BCUT2D eigenvalue weighted by Crippen LogP contribution is 2.46. The molecule has 0 amide bonds. The first-order valence-corrected chi connectivity index (χ1v) is 10.2. The van der Waals surface area contributed by atoms with Crippen LogP contribution >= 0.6 is 15.9 Å². The van der Waals surface area contributed by atoms with Crippen molar-refractivity contribution in [3.05, 3.63) is 56.8 Å². The van der Waals surface area contributed by atoms with Crippen LogP contribution in [-0.2, 0) is 19.1 Å². The smallest absolute Gasteiger partial charge is 0.336 e. The topological polar surface area (TPSA) is 64.6 Å². The summed E-state index contributed by atoms with van der Waals surface area (Å²) < 4.78 is 11.3. The largest absolute Gasteiger partial charge is 0.460 e. The van der Waals surface area contributed by atoms with Gasteiger partial charge in [-0.15, -0.1) is 0 Å². The highest BCUT2D eigenvalue weighted by atomic mass is 79.9. The minimum absolute atomic E-state index is 0.0846. The summed E-state index contributed by atoms with van der Waals surface area (Å²) >= 11 is 3.45. The van der Waals surface area contributed by atoms with Crippen LogP contribution in [0.4, 0.5) is 0 Å². The Labute approximate surface area is 174 Å². The number of benzene rings is 1. The molecule has 3 rings (SSSR count). The molecule has 150 valence electrons. The summed E-state index contributed by atoms with van der Waals surface area (Å²) in [5.41, 5.74) is 3.63. The van der Waals surface area contributed by atoms with Gasteiger partial charge in [0.15, 0.2) is 5.78 Å². The van der Waals surface area contributed by atoms with E-state index < -0.39 is 11.9 Å². The molecular weight excluding hydrogens is 422 g/mol. The molecule has 0 bridgehead atoms. The Balaban J connectivity index is 2.07. The van der Waals surface area contributed by atoms with E-state index in [0.717, 1.165) is 27.9 Å². The molecule has 2 aliphatic rings. The molecule has 28 heavy (non-hydrogen) atoms. The van der Waals surface area contributed by atoms with Gasteiger partial charge < -0.3 is 14.8 Å². The van der Waals surface area contributed by atoms with Crippen molar-refractivity contribution in [1.82, 2.24) is 5.32 Å². The number of hydrogen-bond acceptors (Lipinski definition) is 5. The van der Waals surface area contributed by atoms with Gasteiger partial charge in [-0.25, -0.2) is 4.79 Å². The molecule has 1 aliphatic heterocycles. The molecule has 1 unspecified atom stereocenters. The van der Waals surface area contributed by atoms with E-state index >= 15 is 0 Å². The summed E-state index contributed by atoms with van der Waals surface area (Å²) in [6, 6.07) is 7.76. The SMILES string of the molecule is COCCOC(=O)C1=C(C)NC2=C(C(=O)CC(C)(C)C2)C1c1ccc(Br)cc1. The van der Waals surface area contributed by atoms with Crippen molar-refractivity contribution in [2.75, 3.05) is 20.3 Å². The number of halogens is 1. The van der Waals surface area contributed by atoms with Crippen molar-refractivity contribution in [2.24, 2.45) is 5.41 Å². The number of allylic oxidation sites excluding steroid dienone is 3. The van der Waals surface area contributed by atoms with Crippen molar-refractivity contribution >= 4 is 27.7 Å². The molecule has 0 fully saturated rings. The van der Waals surface area contributed by atoms with Crippen LogP contribution in [0.15, 0.2) is 51.3 Å². The van der Waals surface area contributed by atoms with Crippen molar-refractivity contribution < 1.29 is 19.1 Å². The molecule has 1 aromatic carbocycles. The molecule has 1 N–H and O–H groups in total. The zero-order chi connectivity index (χ0) is 20.5. The number of ketones is 1. The van der Waals surface area contributed by atoms with Crippen LogP contribution in [-0.4, -0.2) is 32.1 Å². The van der Waals surface area contributed by atoms with E-state index in [0.29, 0.717) is 24.2 Å². The normalized spacial score (nSPS) is 21.3. The standard InChI is InChI=1S/C22H26BrNO4/c1-13-18(21(26)28-10-9-27-4)19(14-5-7-15(23)8-6-14)20-16(24-13)11-22(2,3)12-17(20)25/h5-8,19,24H,9-12H2,1-4H3. The Kier molecular flexibility index (Phi) is 6.10. The van der Waals surface area contributed by atoms with Crippen LogP contribution in [0.3, 0.4) is 0 Å². The van der Waals surface area contributed by atoms with E-state index in [1.54, 1.807) is 7.11 Å².